The number of likely N-dealkylation sites (tertiary alicyclic amines) is 1. The minimum Gasteiger partial charge on any atom is -0.356 e. The fourth-order valence-corrected chi connectivity index (χ4v) is 2.67. The van der Waals surface area contributed by atoms with Crippen LogP contribution < -0.4 is 10.2 Å². The molecule has 0 bridgehead atoms. The van der Waals surface area contributed by atoms with E-state index in [2.05, 4.69) is 34.2 Å². The molecule has 1 aromatic heterocycles. The lowest BCUT2D eigenvalue weighted by Crippen LogP contribution is -2.42. The predicted octanol–water partition coefficient (Wildman–Crippen LogP) is 1.47. The molecule has 0 aliphatic carbocycles. The van der Waals surface area contributed by atoms with Crippen LogP contribution in [0.3, 0.4) is 0 Å². The highest BCUT2D eigenvalue weighted by Gasteiger charge is 2.23. The summed E-state index contributed by atoms with van der Waals surface area (Å²) < 4.78 is 13.3. The fraction of sp³-hybridized carbons (Fsp3) is 0.643. The van der Waals surface area contributed by atoms with Crippen LogP contribution in [-0.2, 0) is 6.54 Å². The van der Waals surface area contributed by atoms with E-state index in [0.717, 1.165) is 37.3 Å². The van der Waals surface area contributed by atoms with Crippen molar-refractivity contribution in [2.75, 3.05) is 39.1 Å². The van der Waals surface area contributed by atoms with Crippen molar-refractivity contribution in [2.24, 2.45) is 0 Å². The predicted molar refractivity (Wildman–Crippen MR) is 75.9 cm³/mol. The van der Waals surface area contributed by atoms with Crippen molar-refractivity contribution in [2.45, 2.75) is 25.4 Å². The van der Waals surface area contributed by atoms with Crippen molar-refractivity contribution in [1.29, 1.82) is 0 Å². The van der Waals surface area contributed by atoms with Crippen molar-refractivity contribution in [3.8, 4) is 0 Å². The topological polar surface area (TPSA) is 31.4 Å². The van der Waals surface area contributed by atoms with Crippen molar-refractivity contribution in [3.05, 3.63) is 23.6 Å². The summed E-state index contributed by atoms with van der Waals surface area (Å²) in [4.78, 5) is 8.84. The zero-order valence-corrected chi connectivity index (χ0v) is 12.0. The van der Waals surface area contributed by atoms with Crippen LogP contribution >= 0.6 is 0 Å². The summed E-state index contributed by atoms with van der Waals surface area (Å²) in [6.07, 6.45) is 3.57. The number of piperidine rings is 1. The summed E-state index contributed by atoms with van der Waals surface area (Å²) in [7, 11) is 6.08. The third kappa shape index (κ3) is 3.42. The monoisotopic (exact) mass is 266 g/mol. The average Bonchev–Trinajstić information content (AvgIpc) is 2.39. The van der Waals surface area contributed by atoms with Gasteiger partial charge in [-0.05, 0) is 46.1 Å². The molecule has 1 aromatic rings. The van der Waals surface area contributed by atoms with E-state index in [9.17, 15) is 4.39 Å². The van der Waals surface area contributed by atoms with E-state index in [1.54, 1.807) is 6.07 Å². The van der Waals surface area contributed by atoms with Crippen LogP contribution in [-0.4, -0.2) is 50.2 Å². The number of anilines is 1. The maximum absolute atomic E-state index is 13.3. The van der Waals surface area contributed by atoms with Gasteiger partial charge in [0, 0.05) is 25.2 Å². The summed E-state index contributed by atoms with van der Waals surface area (Å²) >= 11 is 0. The molecule has 1 fully saturated rings. The number of nitrogens with zero attached hydrogens (tertiary/aromatic N) is 3. The minimum absolute atomic E-state index is 0.272. The summed E-state index contributed by atoms with van der Waals surface area (Å²) in [5.41, 5.74) is 0.920. The Morgan fingerprint density at radius 3 is 2.79 bits per heavy atom. The average molecular weight is 266 g/mol. The van der Waals surface area contributed by atoms with Gasteiger partial charge in [0.15, 0.2) is 0 Å². The van der Waals surface area contributed by atoms with Gasteiger partial charge >= 0.3 is 0 Å². The van der Waals surface area contributed by atoms with E-state index in [4.69, 9.17) is 0 Å². The zero-order chi connectivity index (χ0) is 13.8. The quantitative estimate of drug-likeness (QED) is 0.894. The van der Waals surface area contributed by atoms with Crippen molar-refractivity contribution < 1.29 is 4.39 Å². The lowest BCUT2D eigenvalue weighted by molar-refractivity contribution is 0.252. The maximum atomic E-state index is 13.3. The SMILES string of the molecule is CNCc1cc(F)cnc1N(C)C1CCN(C)CC1. The summed E-state index contributed by atoms with van der Waals surface area (Å²) in [6.45, 7) is 2.85. The molecule has 19 heavy (non-hydrogen) atoms. The van der Waals surface area contributed by atoms with Crippen LogP contribution in [0.15, 0.2) is 12.3 Å². The lowest BCUT2D eigenvalue weighted by Gasteiger charge is -2.36. The number of hydrogen-bond acceptors (Lipinski definition) is 4. The van der Waals surface area contributed by atoms with Gasteiger partial charge in [-0.2, -0.15) is 0 Å². The molecule has 2 rings (SSSR count). The molecule has 0 spiro atoms. The molecule has 1 N–H and O–H groups in total. The minimum atomic E-state index is -0.272. The fourth-order valence-electron chi connectivity index (χ4n) is 2.67. The molecule has 0 atom stereocenters. The molecule has 0 unspecified atom stereocenters. The van der Waals surface area contributed by atoms with Gasteiger partial charge in [-0.1, -0.05) is 0 Å². The van der Waals surface area contributed by atoms with Crippen molar-refractivity contribution in [3.63, 3.8) is 0 Å². The molecule has 5 heteroatoms. The molecular weight excluding hydrogens is 243 g/mol. The standard InChI is InChI=1S/C14H23FN4/c1-16-9-11-8-12(15)10-17-14(11)19(3)13-4-6-18(2)7-5-13/h8,10,13,16H,4-7,9H2,1-3H3. The summed E-state index contributed by atoms with van der Waals surface area (Å²) in [5, 5.41) is 3.07. The Bertz CT molecular complexity index is 416. The molecule has 4 nitrogen and oxygen atoms in total. The highest BCUT2D eigenvalue weighted by molar-refractivity contribution is 5.47. The van der Waals surface area contributed by atoms with E-state index < -0.39 is 0 Å². The Balaban J connectivity index is 2.15. The first kappa shape index (κ1) is 14.2. The molecule has 1 saturated heterocycles. The van der Waals surface area contributed by atoms with E-state index in [1.165, 1.54) is 6.20 Å². The number of pyridine rings is 1. The molecule has 106 valence electrons. The first-order valence-corrected chi connectivity index (χ1v) is 6.82. The smallest absolute Gasteiger partial charge is 0.141 e. The lowest BCUT2D eigenvalue weighted by atomic mass is 10.0. The number of halogens is 1. The van der Waals surface area contributed by atoms with E-state index >= 15 is 0 Å². The molecule has 0 saturated carbocycles. The number of nitrogens with one attached hydrogen (secondary N) is 1. The Kier molecular flexibility index (Phi) is 4.71. The van der Waals surface area contributed by atoms with Crippen LogP contribution in [0.1, 0.15) is 18.4 Å². The van der Waals surface area contributed by atoms with Crippen LogP contribution in [0.25, 0.3) is 0 Å². The van der Waals surface area contributed by atoms with E-state index in [-0.39, 0.29) is 5.82 Å². The van der Waals surface area contributed by atoms with Gasteiger partial charge in [0.25, 0.3) is 0 Å². The van der Waals surface area contributed by atoms with Gasteiger partial charge in [0.2, 0.25) is 0 Å². The number of hydrogen-bond donors (Lipinski definition) is 1. The second-order valence-electron chi connectivity index (χ2n) is 5.31. The van der Waals surface area contributed by atoms with Gasteiger partial charge < -0.3 is 15.1 Å². The van der Waals surface area contributed by atoms with Crippen LogP contribution in [0.4, 0.5) is 10.2 Å². The first-order chi connectivity index (χ1) is 9.11. The highest BCUT2D eigenvalue weighted by Crippen LogP contribution is 2.23. The number of rotatable bonds is 4. The van der Waals surface area contributed by atoms with Gasteiger partial charge in [0.05, 0.1) is 6.20 Å². The number of aromatic nitrogens is 1. The van der Waals surface area contributed by atoms with Gasteiger partial charge in [-0.3, -0.25) is 0 Å². The molecule has 1 aliphatic rings. The van der Waals surface area contributed by atoms with E-state index in [0.29, 0.717) is 12.6 Å². The Morgan fingerprint density at radius 2 is 2.16 bits per heavy atom. The maximum Gasteiger partial charge on any atom is 0.141 e. The third-order valence-electron chi connectivity index (χ3n) is 3.85. The molecule has 1 aliphatic heterocycles. The largest absolute Gasteiger partial charge is 0.356 e. The van der Waals surface area contributed by atoms with Crippen LogP contribution in [0.2, 0.25) is 0 Å². The third-order valence-corrected chi connectivity index (χ3v) is 3.85. The van der Waals surface area contributed by atoms with Crippen molar-refractivity contribution in [1.82, 2.24) is 15.2 Å². The molecule has 0 radical (unpaired) electrons. The Morgan fingerprint density at radius 1 is 1.47 bits per heavy atom. The second-order valence-corrected chi connectivity index (χ2v) is 5.31. The van der Waals surface area contributed by atoms with E-state index in [1.807, 2.05) is 7.05 Å². The Labute approximate surface area is 114 Å². The normalized spacial score (nSPS) is 17.7. The highest BCUT2D eigenvalue weighted by atomic mass is 19.1. The molecular formula is C14H23FN4. The first-order valence-electron chi connectivity index (χ1n) is 6.82. The second kappa shape index (κ2) is 6.30. The molecule has 2 heterocycles. The Hall–Kier alpha value is -1.20. The van der Waals surface area contributed by atoms with Crippen LogP contribution in [0, 0.1) is 5.82 Å². The molecule has 0 amide bonds. The van der Waals surface area contributed by atoms with Crippen molar-refractivity contribution >= 4 is 5.82 Å². The summed E-state index contributed by atoms with van der Waals surface area (Å²) in [6, 6.07) is 2.06. The van der Waals surface area contributed by atoms with Gasteiger partial charge in [0.1, 0.15) is 11.6 Å². The van der Waals surface area contributed by atoms with Gasteiger partial charge in [-0.25, -0.2) is 9.37 Å². The zero-order valence-electron chi connectivity index (χ0n) is 12.0. The van der Waals surface area contributed by atoms with Gasteiger partial charge in [-0.15, -0.1) is 0 Å². The summed E-state index contributed by atoms with van der Waals surface area (Å²) in [5.74, 6) is 0.621. The van der Waals surface area contributed by atoms with Crippen LogP contribution in [0.5, 0.6) is 0 Å². The molecule has 0 aromatic carbocycles.